The average molecular weight is 621 g/mol. The molecule has 1 aliphatic heterocycles. The molecule has 3 heterocycles. The highest BCUT2D eigenvalue weighted by Crippen LogP contribution is 2.52. The van der Waals surface area contributed by atoms with Crippen molar-refractivity contribution in [1.29, 1.82) is 0 Å². The standard InChI is InChI=1S/C25H23ClF6N6O2S/c26-17-10-14(40-9-3-1-2-8-24(27,28)29)6-7-16(17)23(25(30,31)32)11-15(22-33-12-18(41-22)13-4-5-13)19(21(39)34-23)20-35-37-38-36-20/h6-7,10,12-13H,1-5,8-9,11H2,(H,34,39)(H,35,36,37,38). The molecular formula is C25H23ClF6N6O2S. The number of halogens is 7. The van der Waals surface area contributed by atoms with E-state index in [-0.39, 0.29) is 52.2 Å². The van der Waals surface area contributed by atoms with Crippen LogP contribution in [0.25, 0.3) is 11.1 Å². The summed E-state index contributed by atoms with van der Waals surface area (Å²) in [6.45, 7) is 0.0590. The molecule has 1 amide bonds. The number of amides is 1. The van der Waals surface area contributed by atoms with E-state index in [0.717, 1.165) is 23.8 Å². The zero-order valence-electron chi connectivity index (χ0n) is 21.2. The summed E-state index contributed by atoms with van der Waals surface area (Å²) in [5.41, 5.74) is -3.43. The highest BCUT2D eigenvalue weighted by molar-refractivity contribution is 7.13. The predicted octanol–water partition coefficient (Wildman–Crippen LogP) is 6.58. The Kier molecular flexibility index (Phi) is 8.03. The number of carbonyl (C=O) groups is 1. The van der Waals surface area contributed by atoms with Gasteiger partial charge in [-0.2, -0.15) is 26.3 Å². The van der Waals surface area contributed by atoms with Gasteiger partial charge in [0.1, 0.15) is 10.8 Å². The first-order chi connectivity index (χ1) is 19.4. The molecule has 1 fully saturated rings. The Labute approximate surface area is 238 Å². The normalized spacial score (nSPS) is 19.9. The Hall–Kier alpha value is -3.20. The van der Waals surface area contributed by atoms with Crippen molar-refractivity contribution in [1.82, 2.24) is 30.9 Å². The van der Waals surface area contributed by atoms with Gasteiger partial charge in [-0.05, 0) is 60.6 Å². The number of H-pyrrole nitrogens is 1. The average Bonchev–Trinajstić information content (AvgIpc) is 3.37. The van der Waals surface area contributed by atoms with Gasteiger partial charge in [-0.3, -0.25) is 4.79 Å². The second-order valence-electron chi connectivity index (χ2n) is 9.90. The Morgan fingerprint density at radius 2 is 1.90 bits per heavy atom. The number of benzene rings is 1. The first-order valence-electron chi connectivity index (χ1n) is 12.7. The van der Waals surface area contributed by atoms with Gasteiger partial charge in [0.05, 0.1) is 17.2 Å². The molecular weight excluding hydrogens is 598 g/mol. The van der Waals surface area contributed by atoms with Crippen molar-refractivity contribution in [2.24, 2.45) is 0 Å². The molecule has 1 saturated carbocycles. The Bertz CT molecular complexity index is 1440. The summed E-state index contributed by atoms with van der Waals surface area (Å²) in [4.78, 5) is 18.7. The molecule has 0 radical (unpaired) electrons. The van der Waals surface area contributed by atoms with Crippen molar-refractivity contribution in [2.45, 2.75) is 68.8 Å². The number of nitrogens with zero attached hydrogens (tertiary/aromatic N) is 4. The van der Waals surface area contributed by atoms with Crippen LogP contribution in [0.15, 0.2) is 24.4 Å². The second-order valence-corrected chi connectivity index (χ2v) is 11.4. The molecule has 1 aliphatic carbocycles. The maximum absolute atomic E-state index is 15.0. The number of unbranched alkanes of at least 4 members (excludes halogenated alkanes) is 2. The summed E-state index contributed by atoms with van der Waals surface area (Å²) in [7, 11) is 0. The first-order valence-corrected chi connectivity index (χ1v) is 13.9. The molecule has 1 unspecified atom stereocenters. The highest BCUT2D eigenvalue weighted by atomic mass is 35.5. The van der Waals surface area contributed by atoms with E-state index in [1.807, 2.05) is 0 Å². The monoisotopic (exact) mass is 620 g/mol. The van der Waals surface area contributed by atoms with Crippen LogP contribution in [-0.4, -0.2) is 50.5 Å². The van der Waals surface area contributed by atoms with Gasteiger partial charge in [0.15, 0.2) is 11.4 Å². The summed E-state index contributed by atoms with van der Waals surface area (Å²) >= 11 is 7.61. The van der Waals surface area contributed by atoms with Crippen molar-refractivity contribution < 1.29 is 35.9 Å². The molecule has 1 aromatic carbocycles. The van der Waals surface area contributed by atoms with Gasteiger partial charge in [0.2, 0.25) is 0 Å². The van der Waals surface area contributed by atoms with Crippen LogP contribution < -0.4 is 10.1 Å². The Morgan fingerprint density at radius 3 is 2.54 bits per heavy atom. The third-order valence-corrected chi connectivity index (χ3v) is 8.43. The lowest BCUT2D eigenvalue weighted by Crippen LogP contribution is -2.58. The summed E-state index contributed by atoms with van der Waals surface area (Å²) < 4.78 is 87.3. The van der Waals surface area contributed by atoms with Crippen molar-refractivity contribution in [2.75, 3.05) is 6.61 Å². The maximum atomic E-state index is 15.0. The molecule has 0 spiro atoms. The molecule has 2 aliphatic rings. The number of hydrogen-bond donors (Lipinski definition) is 2. The van der Waals surface area contributed by atoms with E-state index < -0.39 is 42.2 Å². The molecule has 1 atom stereocenters. The number of alkyl halides is 6. The number of ether oxygens (including phenoxy) is 1. The lowest BCUT2D eigenvalue weighted by molar-refractivity contribution is -0.201. The first kappa shape index (κ1) is 29.3. The van der Waals surface area contributed by atoms with E-state index in [4.69, 9.17) is 16.3 Å². The van der Waals surface area contributed by atoms with Crippen LogP contribution in [0, 0.1) is 0 Å². The zero-order chi connectivity index (χ0) is 29.4. The van der Waals surface area contributed by atoms with E-state index in [2.05, 4.69) is 30.9 Å². The molecule has 41 heavy (non-hydrogen) atoms. The third kappa shape index (κ3) is 6.35. The number of hydrogen-bond acceptors (Lipinski definition) is 7. The lowest BCUT2D eigenvalue weighted by atomic mass is 9.78. The second kappa shape index (κ2) is 11.2. The maximum Gasteiger partial charge on any atom is 0.416 e. The molecule has 0 saturated heterocycles. The van der Waals surface area contributed by atoms with Gasteiger partial charge < -0.3 is 10.1 Å². The van der Waals surface area contributed by atoms with Crippen LogP contribution >= 0.6 is 22.9 Å². The molecule has 2 aromatic heterocycles. The van der Waals surface area contributed by atoms with Crippen LogP contribution in [0.5, 0.6) is 5.75 Å². The van der Waals surface area contributed by atoms with Crippen LogP contribution in [0.2, 0.25) is 5.02 Å². The minimum absolute atomic E-state index is 0.0248. The van der Waals surface area contributed by atoms with Crippen molar-refractivity contribution in [3.63, 3.8) is 0 Å². The third-order valence-electron chi connectivity index (χ3n) is 6.90. The molecule has 2 N–H and O–H groups in total. The number of tetrazole rings is 1. The van der Waals surface area contributed by atoms with Crippen LogP contribution in [0.1, 0.15) is 72.1 Å². The van der Waals surface area contributed by atoms with E-state index >= 15 is 0 Å². The van der Waals surface area contributed by atoms with Crippen molar-refractivity contribution in [3.8, 4) is 5.75 Å². The van der Waals surface area contributed by atoms with Crippen molar-refractivity contribution in [3.05, 3.63) is 50.7 Å². The summed E-state index contributed by atoms with van der Waals surface area (Å²) in [5.74, 6) is -0.706. The van der Waals surface area contributed by atoms with Gasteiger partial charge in [-0.25, -0.2) is 10.1 Å². The molecule has 0 bridgehead atoms. The number of thiazole rings is 1. The topological polar surface area (TPSA) is 106 Å². The van der Waals surface area contributed by atoms with E-state index in [1.165, 1.54) is 23.5 Å². The fraction of sp³-hybridized carbons (Fsp3) is 0.480. The summed E-state index contributed by atoms with van der Waals surface area (Å²) in [6, 6.07) is 3.61. The van der Waals surface area contributed by atoms with Gasteiger partial charge in [-0.15, -0.1) is 16.4 Å². The molecule has 16 heteroatoms. The SMILES string of the molecule is O=C1NC(c2ccc(OCCCCCC(F)(F)F)cc2Cl)(C(F)(F)F)CC(c2ncc(C3CC3)s2)=C1c1nnn[nH]1. The highest BCUT2D eigenvalue weighted by Gasteiger charge is 2.61. The molecule has 220 valence electrons. The fourth-order valence-corrected chi connectivity index (χ4v) is 6.15. The number of rotatable bonds is 10. The minimum Gasteiger partial charge on any atom is -0.494 e. The summed E-state index contributed by atoms with van der Waals surface area (Å²) in [6.07, 6.45) is -6.76. The molecule has 5 rings (SSSR count). The van der Waals surface area contributed by atoms with Crippen molar-refractivity contribution >= 4 is 40.0 Å². The predicted molar refractivity (Wildman–Crippen MR) is 137 cm³/mol. The zero-order valence-corrected chi connectivity index (χ0v) is 22.8. The Morgan fingerprint density at radius 1 is 1.12 bits per heavy atom. The molecule has 3 aromatic rings. The van der Waals surface area contributed by atoms with E-state index in [1.54, 1.807) is 6.20 Å². The molecule has 8 nitrogen and oxygen atoms in total. The van der Waals surface area contributed by atoms with Crippen LogP contribution in [-0.2, 0) is 10.3 Å². The quantitative estimate of drug-likeness (QED) is 0.196. The van der Waals surface area contributed by atoms with Gasteiger partial charge >= 0.3 is 12.4 Å². The van der Waals surface area contributed by atoms with Gasteiger partial charge in [-0.1, -0.05) is 17.7 Å². The largest absolute Gasteiger partial charge is 0.494 e. The fourth-order valence-electron chi connectivity index (χ4n) is 4.68. The Balaban J connectivity index is 1.44. The minimum atomic E-state index is -4.99. The summed E-state index contributed by atoms with van der Waals surface area (Å²) in [5, 5.41) is 15.2. The number of aromatic amines is 1. The van der Waals surface area contributed by atoms with E-state index in [0.29, 0.717) is 12.3 Å². The van der Waals surface area contributed by atoms with Gasteiger partial charge in [0, 0.05) is 35.1 Å². The number of aromatic nitrogens is 5. The van der Waals surface area contributed by atoms with Gasteiger partial charge in [0.25, 0.3) is 5.91 Å². The van der Waals surface area contributed by atoms with Crippen LogP contribution in [0.3, 0.4) is 0 Å². The lowest BCUT2D eigenvalue weighted by Gasteiger charge is -2.41. The smallest absolute Gasteiger partial charge is 0.416 e. The number of carbonyl (C=O) groups excluding carboxylic acids is 1. The van der Waals surface area contributed by atoms with E-state index in [9.17, 15) is 31.1 Å². The number of nitrogens with one attached hydrogen (secondary N) is 2. The van der Waals surface area contributed by atoms with Crippen LogP contribution in [0.4, 0.5) is 26.3 Å².